The van der Waals surface area contributed by atoms with Crippen LogP contribution in [0, 0.1) is 0 Å². The number of unbranched alkanes of at least 4 members (excludes halogenated alkanes) is 36. The number of nitrogens with one attached hydrogen (secondary N) is 4. The number of carbonyl (C=O) groups excluding carboxylic acids is 6. The summed E-state index contributed by atoms with van der Waals surface area (Å²) in [5.74, 6) is -7.92. The van der Waals surface area contributed by atoms with Gasteiger partial charge in [0.05, 0.1) is 6.54 Å². The third-order valence-electron chi connectivity index (χ3n) is 15.4. The zero-order chi connectivity index (χ0) is 62.8. The molecule has 0 aromatic rings. The molecule has 7 N–H and O–H groups in total. The fraction of sp³-hybridized carbons (Fsp3) is 0.864. The summed E-state index contributed by atoms with van der Waals surface area (Å²) < 4.78 is 11.6. The van der Waals surface area contributed by atoms with Crippen LogP contribution < -0.4 is 21.3 Å². The fourth-order valence-corrected chi connectivity index (χ4v) is 11.2. The molecule has 0 aliphatic heterocycles. The van der Waals surface area contributed by atoms with Gasteiger partial charge in [0, 0.05) is 43.6 Å². The minimum atomic E-state index is -1.64. The topological polar surface area (TPSA) is 281 Å². The Hall–Kier alpha value is -4.42. The van der Waals surface area contributed by atoms with Crippen LogP contribution in [0.2, 0.25) is 0 Å². The zero-order valence-electron chi connectivity index (χ0n) is 53.4. The fourth-order valence-electron chi connectivity index (χ4n) is 10.1. The average Bonchev–Trinajstić information content (AvgIpc) is 3.59. The maximum atomic E-state index is 13.8. The van der Waals surface area contributed by atoms with Gasteiger partial charge < -0.3 is 46.1 Å². The van der Waals surface area contributed by atoms with Crippen LogP contribution in [0.5, 0.6) is 0 Å². The third kappa shape index (κ3) is 53.5. The molecule has 19 heteroatoms. The summed E-state index contributed by atoms with van der Waals surface area (Å²) in [6.45, 7) is 5.80. The van der Waals surface area contributed by atoms with Crippen molar-refractivity contribution in [3.63, 3.8) is 0 Å². The lowest BCUT2D eigenvalue weighted by molar-refractivity contribution is -0.157. The van der Waals surface area contributed by atoms with Gasteiger partial charge in [-0.15, -0.1) is 0 Å². The van der Waals surface area contributed by atoms with Gasteiger partial charge in [0.15, 0.2) is 0 Å². The van der Waals surface area contributed by atoms with Gasteiger partial charge in [-0.25, -0.2) is 4.79 Å². The number of ether oxygens (including phenoxy) is 2. The van der Waals surface area contributed by atoms with Gasteiger partial charge in [0.25, 0.3) is 0 Å². The van der Waals surface area contributed by atoms with E-state index in [1.54, 1.807) is 0 Å². The molecule has 0 radical (unpaired) electrons. The van der Waals surface area contributed by atoms with Crippen LogP contribution in [0.25, 0.3) is 0 Å². The highest BCUT2D eigenvalue weighted by Gasteiger charge is 2.29. The first kappa shape index (κ1) is 80.6. The van der Waals surface area contributed by atoms with Gasteiger partial charge in [-0.1, -0.05) is 252 Å². The predicted molar refractivity (Wildman–Crippen MR) is 339 cm³/mol. The number of carbonyl (C=O) groups is 9. The number of hydrogen-bond donors (Lipinski definition) is 7. The first-order chi connectivity index (χ1) is 41.1. The second-order valence-corrected chi connectivity index (χ2v) is 24.6. The molecule has 0 fully saturated rings. The minimum Gasteiger partial charge on any atom is -0.481 e. The zero-order valence-corrected chi connectivity index (χ0v) is 54.2. The van der Waals surface area contributed by atoms with Crippen LogP contribution in [0.4, 0.5) is 0 Å². The van der Waals surface area contributed by atoms with Crippen molar-refractivity contribution in [2.75, 3.05) is 24.7 Å². The Morgan fingerprint density at radius 1 is 0.365 bits per heavy atom. The summed E-state index contributed by atoms with van der Waals surface area (Å²) in [5, 5.41) is 37.7. The molecule has 0 rings (SSSR count). The smallest absolute Gasteiger partial charge is 0.326 e. The number of aliphatic carboxylic acids is 3. The van der Waals surface area contributed by atoms with Crippen molar-refractivity contribution in [2.24, 2.45) is 0 Å². The Morgan fingerprint density at radius 2 is 0.718 bits per heavy atom. The number of thioether (sulfide) groups is 1. The van der Waals surface area contributed by atoms with E-state index in [4.69, 9.17) is 14.6 Å². The third-order valence-corrected chi connectivity index (χ3v) is 16.6. The van der Waals surface area contributed by atoms with Gasteiger partial charge in [0.1, 0.15) is 30.8 Å². The van der Waals surface area contributed by atoms with E-state index in [2.05, 4.69) is 42.0 Å². The van der Waals surface area contributed by atoms with Crippen LogP contribution in [0.15, 0.2) is 0 Å². The molecule has 0 saturated heterocycles. The first-order valence-electron chi connectivity index (χ1n) is 33.9. The van der Waals surface area contributed by atoms with Crippen molar-refractivity contribution in [1.82, 2.24) is 21.3 Å². The van der Waals surface area contributed by atoms with Gasteiger partial charge in [-0.3, -0.25) is 38.4 Å². The molecule has 0 aromatic heterocycles. The molecule has 0 aromatic carbocycles. The van der Waals surface area contributed by atoms with Gasteiger partial charge in [0.2, 0.25) is 23.6 Å². The lowest BCUT2D eigenvalue weighted by Gasteiger charge is -2.22. The number of carboxylic acids is 3. The highest BCUT2D eigenvalue weighted by Crippen LogP contribution is 2.18. The van der Waals surface area contributed by atoms with Crippen molar-refractivity contribution in [3.8, 4) is 0 Å². The van der Waals surface area contributed by atoms with Crippen molar-refractivity contribution in [1.29, 1.82) is 0 Å². The van der Waals surface area contributed by atoms with E-state index in [9.17, 15) is 53.4 Å². The maximum Gasteiger partial charge on any atom is 0.326 e. The molecule has 0 unspecified atom stereocenters. The standard InChI is InChI=1S/C66H120N4O14S/c1-4-7-10-13-16-19-22-25-28-31-34-37-40-43-58(71)69-57(64(79)67-50-59(72)68-55(46-48-60(73)74)65(80)70-56(66(81)82)47-49-61(75)76)53-85-52-54(84-63(78)45-42-39-36-33-30-27-24-21-18-15-12-9-6-3)51-83-62(77)44-41-38-35-32-29-26-23-20-17-14-11-8-5-2/h54-57H,4-53H2,1-3H3,(H,67,79)(H,68,72)(H,69,71)(H,70,80)(H,73,74)(H,75,76)(H,81,82)/t54-,55+,56+,57+/m1/s1. The number of hydrogen-bond acceptors (Lipinski definition) is 12. The van der Waals surface area contributed by atoms with Crippen LogP contribution in [-0.4, -0.2) is 118 Å². The largest absolute Gasteiger partial charge is 0.481 e. The SMILES string of the molecule is CCCCCCCCCCCCCCCC(=O)N[C@@H](CSC[C@@H](COC(=O)CCCCCCCCCCCCCCC)OC(=O)CCCCCCCCCCCCCCC)C(=O)NCC(=O)N[C@@H](CCC(=O)O)C(=O)N[C@@H](CCC(=O)O)C(=O)O. The maximum absolute atomic E-state index is 13.8. The van der Waals surface area contributed by atoms with Gasteiger partial charge in [-0.05, 0) is 32.1 Å². The average molecular weight is 1230 g/mol. The van der Waals surface area contributed by atoms with E-state index < -0.39 is 98.1 Å². The molecular formula is C66H120N4O14S. The molecule has 494 valence electrons. The lowest BCUT2D eigenvalue weighted by Crippen LogP contribution is -2.54. The molecule has 0 saturated carbocycles. The van der Waals surface area contributed by atoms with Crippen LogP contribution in [0.3, 0.4) is 0 Å². The summed E-state index contributed by atoms with van der Waals surface area (Å²) in [5.41, 5.74) is 0. The van der Waals surface area contributed by atoms with E-state index in [1.807, 2.05) is 0 Å². The van der Waals surface area contributed by atoms with Gasteiger partial charge >= 0.3 is 29.8 Å². The second kappa shape index (κ2) is 58.6. The normalized spacial score (nSPS) is 12.6. The Balaban J connectivity index is 5.83. The summed E-state index contributed by atoms with van der Waals surface area (Å²) in [6, 6.07) is -4.36. The number of rotatable bonds is 63. The Labute approximate surface area is 517 Å². The van der Waals surface area contributed by atoms with Crippen molar-refractivity contribution in [2.45, 2.75) is 340 Å². The van der Waals surface area contributed by atoms with Crippen LogP contribution in [0.1, 0.15) is 316 Å². The molecule has 0 aliphatic rings. The summed E-state index contributed by atoms with van der Waals surface area (Å²) >= 11 is 1.20. The Bertz CT molecular complexity index is 1760. The lowest BCUT2D eigenvalue weighted by atomic mass is 10.0. The summed E-state index contributed by atoms with van der Waals surface area (Å²) in [4.78, 5) is 114. The minimum absolute atomic E-state index is 0.0197. The molecular weight excluding hydrogens is 1100 g/mol. The number of esters is 2. The molecule has 4 atom stereocenters. The molecule has 0 bridgehead atoms. The molecule has 0 heterocycles. The van der Waals surface area contributed by atoms with Crippen molar-refractivity contribution < 1.29 is 67.9 Å². The molecule has 85 heavy (non-hydrogen) atoms. The number of carboxylic acid groups (broad SMARTS) is 3. The highest BCUT2D eigenvalue weighted by atomic mass is 32.2. The second-order valence-electron chi connectivity index (χ2n) is 23.5. The number of amides is 4. The van der Waals surface area contributed by atoms with E-state index in [0.717, 1.165) is 64.2 Å². The predicted octanol–water partition coefficient (Wildman–Crippen LogP) is 14.0. The van der Waals surface area contributed by atoms with E-state index >= 15 is 0 Å². The molecule has 0 spiro atoms. The quantitative estimate of drug-likeness (QED) is 0.0220. The Kier molecular flexibility index (Phi) is 55.5. The van der Waals surface area contributed by atoms with E-state index in [1.165, 1.54) is 179 Å². The molecule has 18 nitrogen and oxygen atoms in total. The monoisotopic (exact) mass is 1220 g/mol. The van der Waals surface area contributed by atoms with Crippen LogP contribution >= 0.6 is 11.8 Å². The van der Waals surface area contributed by atoms with Gasteiger partial charge in [-0.2, -0.15) is 11.8 Å². The van der Waals surface area contributed by atoms with E-state index in [-0.39, 0.29) is 49.3 Å². The molecule has 4 amide bonds. The van der Waals surface area contributed by atoms with Crippen molar-refractivity contribution in [3.05, 3.63) is 0 Å². The van der Waals surface area contributed by atoms with Crippen LogP contribution in [-0.2, 0) is 52.6 Å². The van der Waals surface area contributed by atoms with Crippen molar-refractivity contribution >= 4 is 65.2 Å². The first-order valence-corrected chi connectivity index (χ1v) is 35.0. The summed E-state index contributed by atoms with van der Waals surface area (Å²) in [7, 11) is 0. The Morgan fingerprint density at radius 3 is 1.11 bits per heavy atom. The highest BCUT2D eigenvalue weighted by molar-refractivity contribution is 7.99. The summed E-state index contributed by atoms with van der Waals surface area (Å²) in [6.07, 6.45) is 42.9. The molecule has 0 aliphatic carbocycles. The van der Waals surface area contributed by atoms with E-state index in [0.29, 0.717) is 19.3 Å².